The van der Waals surface area contributed by atoms with E-state index in [1.807, 2.05) is 53.4 Å². The Morgan fingerprint density at radius 2 is 1.63 bits per heavy atom. The van der Waals surface area contributed by atoms with Gasteiger partial charge in [-0.2, -0.15) is 0 Å². The fourth-order valence-electron chi connectivity index (χ4n) is 2.55. The Hall–Kier alpha value is -3.54. The van der Waals surface area contributed by atoms with Crippen molar-refractivity contribution in [3.63, 3.8) is 0 Å². The van der Waals surface area contributed by atoms with Crippen LogP contribution in [0.25, 0.3) is 5.69 Å². The zero-order chi connectivity index (χ0) is 19.1. The number of amides is 2. The van der Waals surface area contributed by atoms with E-state index in [0.29, 0.717) is 24.4 Å². The van der Waals surface area contributed by atoms with Gasteiger partial charge < -0.3 is 19.9 Å². The highest BCUT2D eigenvalue weighted by Crippen LogP contribution is 2.13. The van der Waals surface area contributed by atoms with Crippen LogP contribution in [0.5, 0.6) is 0 Å². The minimum absolute atomic E-state index is 0.293. The molecule has 0 saturated carbocycles. The molecule has 0 aliphatic carbocycles. The number of carbonyl (C=O) groups excluding carboxylic acids is 2. The summed E-state index contributed by atoms with van der Waals surface area (Å²) in [7, 11) is 0. The molecule has 1 aromatic heterocycles. The first-order valence-corrected chi connectivity index (χ1v) is 8.70. The Bertz CT molecular complexity index is 885. The number of benzene rings is 2. The second kappa shape index (κ2) is 8.71. The number of esters is 1. The number of anilines is 1. The Labute approximate surface area is 157 Å². The third-order valence-electron chi connectivity index (χ3n) is 3.95. The van der Waals surface area contributed by atoms with Crippen molar-refractivity contribution in [1.82, 2.24) is 9.88 Å². The van der Waals surface area contributed by atoms with Gasteiger partial charge in [0.25, 0.3) is 0 Å². The van der Waals surface area contributed by atoms with Crippen molar-refractivity contribution in [3.05, 3.63) is 84.2 Å². The number of rotatable bonds is 6. The zero-order valence-electron chi connectivity index (χ0n) is 15.0. The van der Waals surface area contributed by atoms with E-state index in [2.05, 4.69) is 10.6 Å². The molecule has 0 fully saturated rings. The number of hydrogen-bond acceptors (Lipinski definition) is 3. The van der Waals surface area contributed by atoms with E-state index in [9.17, 15) is 9.59 Å². The van der Waals surface area contributed by atoms with E-state index in [-0.39, 0.29) is 12.0 Å². The molecule has 0 spiro atoms. The Kier molecular flexibility index (Phi) is 5.89. The number of nitrogens with one attached hydrogen (secondary N) is 2. The van der Waals surface area contributed by atoms with Crippen LogP contribution in [0.3, 0.4) is 0 Å². The van der Waals surface area contributed by atoms with Gasteiger partial charge in [-0.3, -0.25) is 0 Å². The van der Waals surface area contributed by atoms with E-state index in [4.69, 9.17) is 4.74 Å². The molecule has 138 valence electrons. The minimum atomic E-state index is -0.349. The van der Waals surface area contributed by atoms with Gasteiger partial charge in [-0.05, 0) is 61.0 Å². The summed E-state index contributed by atoms with van der Waals surface area (Å²) in [6, 6.07) is 18.1. The summed E-state index contributed by atoms with van der Waals surface area (Å²) in [5, 5.41) is 5.59. The predicted octanol–water partition coefficient (Wildman–Crippen LogP) is 3.98. The summed E-state index contributed by atoms with van der Waals surface area (Å²) >= 11 is 0. The van der Waals surface area contributed by atoms with Crippen molar-refractivity contribution >= 4 is 17.7 Å². The van der Waals surface area contributed by atoms with Gasteiger partial charge >= 0.3 is 12.0 Å². The van der Waals surface area contributed by atoms with Crippen molar-refractivity contribution in [2.45, 2.75) is 13.5 Å². The van der Waals surface area contributed by atoms with Crippen molar-refractivity contribution < 1.29 is 14.3 Å². The maximum absolute atomic E-state index is 12.1. The molecule has 2 N–H and O–H groups in total. The van der Waals surface area contributed by atoms with Gasteiger partial charge in [-0.15, -0.1) is 0 Å². The molecule has 1 heterocycles. The smallest absolute Gasteiger partial charge is 0.338 e. The van der Waals surface area contributed by atoms with Crippen molar-refractivity contribution in [2.75, 3.05) is 11.9 Å². The maximum Gasteiger partial charge on any atom is 0.338 e. The minimum Gasteiger partial charge on any atom is -0.462 e. The predicted molar refractivity (Wildman–Crippen MR) is 104 cm³/mol. The normalized spacial score (nSPS) is 10.3. The molecule has 6 nitrogen and oxygen atoms in total. The summed E-state index contributed by atoms with van der Waals surface area (Å²) in [6.45, 7) is 2.47. The van der Waals surface area contributed by atoms with Crippen LogP contribution in [-0.4, -0.2) is 23.2 Å². The van der Waals surface area contributed by atoms with Crippen LogP contribution in [-0.2, 0) is 11.3 Å². The molecule has 0 aliphatic heterocycles. The lowest BCUT2D eigenvalue weighted by Crippen LogP contribution is -2.28. The second-order valence-corrected chi connectivity index (χ2v) is 5.86. The third-order valence-corrected chi connectivity index (χ3v) is 3.95. The largest absolute Gasteiger partial charge is 0.462 e. The van der Waals surface area contributed by atoms with Crippen LogP contribution in [0.2, 0.25) is 0 Å². The van der Waals surface area contributed by atoms with Gasteiger partial charge in [0.15, 0.2) is 0 Å². The number of nitrogens with zero attached hydrogens (tertiary/aromatic N) is 1. The van der Waals surface area contributed by atoms with Gasteiger partial charge in [-0.1, -0.05) is 12.1 Å². The topological polar surface area (TPSA) is 72.4 Å². The van der Waals surface area contributed by atoms with Crippen molar-refractivity contribution in [3.8, 4) is 5.69 Å². The summed E-state index contributed by atoms with van der Waals surface area (Å²) < 4.78 is 6.93. The standard InChI is InChI=1S/C21H21N3O3/c1-2-27-20(25)17-7-5-16(6-8-17)15-22-21(26)23-18-9-11-19(12-10-18)24-13-3-4-14-24/h3-14H,2,15H2,1H3,(H2,22,23,26). The lowest BCUT2D eigenvalue weighted by Gasteiger charge is -2.09. The molecule has 0 aliphatic rings. The van der Waals surface area contributed by atoms with Crippen LogP contribution >= 0.6 is 0 Å². The third kappa shape index (κ3) is 4.98. The highest BCUT2D eigenvalue weighted by molar-refractivity contribution is 5.90. The number of hydrogen-bond donors (Lipinski definition) is 2. The Morgan fingerprint density at radius 3 is 2.26 bits per heavy atom. The lowest BCUT2D eigenvalue weighted by molar-refractivity contribution is 0.0526. The molecule has 0 radical (unpaired) electrons. The SMILES string of the molecule is CCOC(=O)c1ccc(CNC(=O)Nc2ccc(-n3cccc3)cc2)cc1. The lowest BCUT2D eigenvalue weighted by atomic mass is 10.1. The zero-order valence-corrected chi connectivity index (χ0v) is 15.0. The van der Waals surface area contributed by atoms with Crippen LogP contribution in [0, 0.1) is 0 Å². The number of carbonyl (C=O) groups is 2. The van der Waals surface area contributed by atoms with E-state index in [1.165, 1.54) is 0 Å². The average molecular weight is 363 g/mol. The summed E-state index contributed by atoms with van der Waals surface area (Å²) in [5.74, 6) is -0.349. The first-order chi connectivity index (χ1) is 13.2. The van der Waals surface area contributed by atoms with Crippen molar-refractivity contribution in [2.24, 2.45) is 0 Å². The van der Waals surface area contributed by atoms with Gasteiger partial charge in [0, 0.05) is 30.3 Å². The maximum atomic E-state index is 12.1. The first-order valence-electron chi connectivity index (χ1n) is 8.70. The quantitative estimate of drug-likeness (QED) is 0.651. The summed E-state index contributed by atoms with van der Waals surface area (Å²) in [6.07, 6.45) is 3.92. The Balaban J connectivity index is 1.50. The molecule has 0 saturated heterocycles. The highest BCUT2D eigenvalue weighted by atomic mass is 16.5. The molecule has 2 amide bonds. The van der Waals surface area contributed by atoms with Gasteiger partial charge in [-0.25, -0.2) is 9.59 Å². The number of aromatic nitrogens is 1. The van der Waals surface area contributed by atoms with E-state index in [0.717, 1.165) is 11.3 Å². The molecule has 3 aromatic rings. The first kappa shape index (κ1) is 18.3. The Morgan fingerprint density at radius 1 is 0.963 bits per heavy atom. The molecule has 0 atom stereocenters. The van der Waals surface area contributed by atoms with Gasteiger partial charge in [0.2, 0.25) is 0 Å². The molecule has 2 aromatic carbocycles. The van der Waals surface area contributed by atoms with E-state index < -0.39 is 0 Å². The molecule has 27 heavy (non-hydrogen) atoms. The van der Waals surface area contributed by atoms with E-state index >= 15 is 0 Å². The highest BCUT2D eigenvalue weighted by Gasteiger charge is 2.06. The molecular formula is C21H21N3O3. The van der Waals surface area contributed by atoms with Crippen LogP contribution in [0.4, 0.5) is 10.5 Å². The molecule has 3 rings (SSSR count). The summed E-state index contributed by atoms with van der Waals surface area (Å²) in [5.41, 5.74) is 3.11. The monoisotopic (exact) mass is 363 g/mol. The molecular weight excluding hydrogens is 342 g/mol. The van der Waals surface area contributed by atoms with E-state index in [1.54, 1.807) is 31.2 Å². The van der Waals surface area contributed by atoms with Gasteiger partial charge in [0.1, 0.15) is 0 Å². The van der Waals surface area contributed by atoms with Crippen LogP contribution < -0.4 is 10.6 Å². The summed E-state index contributed by atoms with van der Waals surface area (Å²) in [4.78, 5) is 23.7. The van der Waals surface area contributed by atoms with Crippen LogP contribution in [0.15, 0.2) is 73.1 Å². The van der Waals surface area contributed by atoms with Gasteiger partial charge in [0.05, 0.1) is 12.2 Å². The number of ether oxygens (including phenoxy) is 1. The van der Waals surface area contributed by atoms with Crippen LogP contribution in [0.1, 0.15) is 22.8 Å². The number of urea groups is 1. The second-order valence-electron chi connectivity index (χ2n) is 5.86. The fraction of sp³-hybridized carbons (Fsp3) is 0.143. The fourth-order valence-corrected chi connectivity index (χ4v) is 2.55. The molecule has 0 unspecified atom stereocenters. The molecule has 6 heteroatoms. The molecule has 0 bridgehead atoms. The van der Waals surface area contributed by atoms with Crippen molar-refractivity contribution in [1.29, 1.82) is 0 Å². The average Bonchev–Trinajstić information content (AvgIpc) is 3.22.